The van der Waals surface area contributed by atoms with Gasteiger partial charge in [0.15, 0.2) is 0 Å². The molecule has 1 unspecified atom stereocenters. The van der Waals surface area contributed by atoms with Crippen molar-refractivity contribution in [2.75, 3.05) is 0 Å². The minimum Gasteiger partial charge on any atom is -0.345 e. The average molecular weight is 369 g/mol. The molecule has 1 N–H and O–H groups in total. The summed E-state index contributed by atoms with van der Waals surface area (Å²) in [6.07, 6.45) is 1.76. The van der Waals surface area contributed by atoms with E-state index in [9.17, 15) is 4.79 Å². The van der Waals surface area contributed by atoms with Crippen LogP contribution >= 0.6 is 0 Å². The van der Waals surface area contributed by atoms with Crippen molar-refractivity contribution in [2.45, 2.75) is 26.8 Å². The summed E-state index contributed by atoms with van der Waals surface area (Å²) < 4.78 is 2.01. The van der Waals surface area contributed by atoms with Crippen molar-refractivity contribution in [3.05, 3.63) is 95.4 Å². The number of aromatic nitrogens is 2. The standard InChI is InChI=1S/C24H23N3O/c1-16-15-22(18(3)27(16)23-13-6-7-14-25-23)24(28)26-17(2)20-12-8-10-19-9-4-5-11-21(19)20/h4-15,17H,1-3H3,(H,26,28). The van der Waals surface area contributed by atoms with Gasteiger partial charge in [-0.25, -0.2) is 4.98 Å². The number of hydrogen-bond donors (Lipinski definition) is 1. The quantitative estimate of drug-likeness (QED) is 0.542. The molecule has 1 amide bonds. The van der Waals surface area contributed by atoms with E-state index in [1.807, 2.05) is 67.8 Å². The van der Waals surface area contributed by atoms with Gasteiger partial charge in [-0.05, 0) is 55.3 Å². The minimum atomic E-state index is -0.100. The molecule has 4 aromatic rings. The Bertz CT molecular complexity index is 1140. The summed E-state index contributed by atoms with van der Waals surface area (Å²) in [5.41, 5.74) is 3.67. The van der Waals surface area contributed by atoms with Gasteiger partial charge in [0.2, 0.25) is 0 Å². The summed E-state index contributed by atoms with van der Waals surface area (Å²) in [6, 6.07) is 22.1. The van der Waals surface area contributed by atoms with E-state index in [2.05, 4.69) is 34.6 Å². The molecule has 0 aliphatic rings. The second-order valence-corrected chi connectivity index (χ2v) is 7.07. The van der Waals surface area contributed by atoms with Gasteiger partial charge in [-0.2, -0.15) is 0 Å². The molecular weight excluding hydrogens is 346 g/mol. The van der Waals surface area contributed by atoms with E-state index in [4.69, 9.17) is 0 Å². The lowest BCUT2D eigenvalue weighted by Crippen LogP contribution is -2.27. The summed E-state index contributed by atoms with van der Waals surface area (Å²) in [6.45, 7) is 5.98. The van der Waals surface area contributed by atoms with Crippen molar-refractivity contribution in [1.82, 2.24) is 14.9 Å². The summed E-state index contributed by atoms with van der Waals surface area (Å²) >= 11 is 0. The highest BCUT2D eigenvalue weighted by Gasteiger charge is 2.19. The Morgan fingerprint density at radius 3 is 2.54 bits per heavy atom. The van der Waals surface area contributed by atoms with Gasteiger partial charge in [0.05, 0.1) is 11.6 Å². The number of amides is 1. The smallest absolute Gasteiger partial charge is 0.253 e. The first kappa shape index (κ1) is 18.0. The van der Waals surface area contributed by atoms with Crippen molar-refractivity contribution in [3.63, 3.8) is 0 Å². The number of aryl methyl sites for hydroxylation is 1. The molecule has 0 saturated carbocycles. The number of carbonyl (C=O) groups is 1. The number of nitrogens with zero attached hydrogens (tertiary/aromatic N) is 2. The predicted octanol–water partition coefficient (Wildman–Crippen LogP) is 5.13. The zero-order valence-corrected chi connectivity index (χ0v) is 16.3. The highest BCUT2D eigenvalue weighted by molar-refractivity contribution is 5.96. The Kier molecular flexibility index (Phi) is 4.70. The molecule has 2 aromatic heterocycles. The molecule has 0 fully saturated rings. The Morgan fingerprint density at radius 2 is 1.75 bits per heavy atom. The van der Waals surface area contributed by atoms with E-state index in [1.165, 1.54) is 5.39 Å². The van der Waals surface area contributed by atoms with Gasteiger partial charge in [-0.15, -0.1) is 0 Å². The van der Waals surface area contributed by atoms with Gasteiger partial charge in [0, 0.05) is 17.6 Å². The molecule has 28 heavy (non-hydrogen) atoms. The second kappa shape index (κ2) is 7.31. The van der Waals surface area contributed by atoms with Crippen LogP contribution < -0.4 is 5.32 Å². The highest BCUT2D eigenvalue weighted by Crippen LogP contribution is 2.25. The topological polar surface area (TPSA) is 46.9 Å². The number of hydrogen-bond acceptors (Lipinski definition) is 2. The van der Waals surface area contributed by atoms with Crippen LogP contribution in [0.15, 0.2) is 72.9 Å². The van der Waals surface area contributed by atoms with Gasteiger partial charge < -0.3 is 9.88 Å². The van der Waals surface area contributed by atoms with Gasteiger partial charge >= 0.3 is 0 Å². The number of pyridine rings is 1. The number of fused-ring (bicyclic) bond motifs is 1. The number of nitrogens with one attached hydrogen (secondary N) is 1. The molecule has 2 aromatic carbocycles. The van der Waals surface area contributed by atoms with E-state index in [1.54, 1.807) is 6.20 Å². The zero-order valence-electron chi connectivity index (χ0n) is 16.3. The fourth-order valence-electron chi connectivity index (χ4n) is 3.81. The summed E-state index contributed by atoms with van der Waals surface area (Å²) in [7, 11) is 0. The molecule has 0 radical (unpaired) electrons. The molecule has 0 saturated heterocycles. The van der Waals surface area contributed by atoms with Crippen molar-refractivity contribution in [3.8, 4) is 5.82 Å². The molecule has 4 nitrogen and oxygen atoms in total. The van der Waals surface area contributed by atoms with Gasteiger partial charge in [0.1, 0.15) is 5.82 Å². The SMILES string of the molecule is Cc1cc(C(=O)NC(C)c2cccc3ccccc23)c(C)n1-c1ccccn1. The van der Waals surface area contributed by atoms with E-state index in [-0.39, 0.29) is 11.9 Å². The molecule has 2 heterocycles. The monoisotopic (exact) mass is 369 g/mol. The van der Waals surface area contributed by atoms with Crippen molar-refractivity contribution in [1.29, 1.82) is 0 Å². The minimum absolute atomic E-state index is 0.0734. The third kappa shape index (κ3) is 3.18. The third-order valence-corrected chi connectivity index (χ3v) is 5.19. The fourth-order valence-corrected chi connectivity index (χ4v) is 3.81. The maximum absolute atomic E-state index is 13.0. The van der Waals surface area contributed by atoms with Crippen LogP contribution in [0, 0.1) is 13.8 Å². The molecule has 1 atom stereocenters. The highest BCUT2D eigenvalue weighted by atomic mass is 16.1. The average Bonchev–Trinajstić information content (AvgIpc) is 3.02. The normalized spacial score (nSPS) is 12.1. The van der Waals surface area contributed by atoms with Crippen LogP contribution in [0.1, 0.15) is 40.3 Å². The number of rotatable bonds is 4. The summed E-state index contributed by atoms with van der Waals surface area (Å²) in [5.74, 6) is 0.745. The Morgan fingerprint density at radius 1 is 1.00 bits per heavy atom. The van der Waals surface area contributed by atoms with Gasteiger partial charge in [-0.3, -0.25) is 4.79 Å². The third-order valence-electron chi connectivity index (χ3n) is 5.19. The first-order valence-corrected chi connectivity index (χ1v) is 9.45. The first-order chi connectivity index (χ1) is 13.6. The molecule has 0 aliphatic carbocycles. The van der Waals surface area contributed by atoms with Crippen molar-refractivity contribution < 1.29 is 4.79 Å². The Balaban J connectivity index is 1.64. The second-order valence-electron chi connectivity index (χ2n) is 7.07. The van der Waals surface area contributed by atoms with E-state index < -0.39 is 0 Å². The van der Waals surface area contributed by atoms with Crippen LogP contribution in [-0.2, 0) is 0 Å². The fraction of sp³-hybridized carbons (Fsp3) is 0.167. The largest absolute Gasteiger partial charge is 0.345 e. The lowest BCUT2D eigenvalue weighted by molar-refractivity contribution is 0.0939. The van der Waals surface area contributed by atoms with Crippen LogP contribution in [0.3, 0.4) is 0 Å². The summed E-state index contributed by atoms with van der Waals surface area (Å²) in [4.78, 5) is 17.5. The zero-order chi connectivity index (χ0) is 19.7. The first-order valence-electron chi connectivity index (χ1n) is 9.45. The van der Waals surface area contributed by atoms with Crippen LogP contribution in [0.4, 0.5) is 0 Å². The molecule has 0 bridgehead atoms. The van der Waals surface area contributed by atoms with Crippen molar-refractivity contribution in [2.24, 2.45) is 0 Å². The van der Waals surface area contributed by atoms with Gasteiger partial charge in [0.25, 0.3) is 5.91 Å². The van der Waals surface area contributed by atoms with Crippen LogP contribution in [0.25, 0.3) is 16.6 Å². The summed E-state index contributed by atoms with van der Waals surface area (Å²) in [5, 5.41) is 5.50. The van der Waals surface area contributed by atoms with E-state index >= 15 is 0 Å². The van der Waals surface area contributed by atoms with Gasteiger partial charge in [-0.1, -0.05) is 48.5 Å². The molecule has 140 valence electrons. The lowest BCUT2D eigenvalue weighted by atomic mass is 9.99. The lowest BCUT2D eigenvalue weighted by Gasteiger charge is -2.17. The molecule has 0 aliphatic heterocycles. The predicted molar refractivity (Wildman–Crippen MR) is 113 cm³/mol. The molecule has 4 rings (SSSR count). The molecular formula is C24H23N3O. The molecule has 0 spiro atoms. The van der Waals surface area contributed by atoms with E-state index in [0.717, 1.165) is 28.2 Å². The maximum Gasteiger partial charge on any atom is 0.253 e. The van der Waals surface area contributed by atoms with E-state index in [0.29, 0.717) is 5.56 Å². The van der Waals surface area contributed by atoms with Crippen molar-refractivity contribution >= 4 is 16.7 Å². The molecule has 4 heteroatoms. The van der Waals surface area contributed by atoms with Crippen LogP contribution in [0.2, 0.25) is 0 Å². The van der Waals surface area contributed by atoms with Crippen LogP contribution in [-0.4, -0.2) is 15.5 Å². The Labute approximate surface area is 164 Å². The van der Waals surface area contributed by atoms with Crippen LogP contribution in [0.5, 0.6) is 0 Å². The number of carbonyl (C=O) groups excluding carboxylic acids is 1. The number of benzene rings is 2. The maximum atomic E-state index is 13.0. The Hall–Kier alpha value is -3.40.